The summed E-state index contributed by atoms with van der Waals surface area (Å²) < 4.78 is 40.5. The van der Waals surface area contributed by atoms with E-state index in [-0.39, 0.29) is 23.5 Å². The molecule has 1 aromatic carbocycles. The Bertz CT molecular complexity index is 904. The second kappa shape index (κ2) is 7.05. The van der Waals surface area contributed by atoms with Gasteiger partial charge < -0.3 is 13.9 Å². The molecule has 0 aliphatic carbocycles. The summed E-state index contributed by atoms with van der Waals surface area (Å²) in [5.41, 5.74) is -1.39. The fourth-order valence-corrected chi connectivity index (χ4v) is 2.75. The van der Waals surface area contributed by atoms with E-state index < -0.39 is 24.0 Å². The molecular formula is C20H22BF2NO3. The van der Waals surface area contributed by atoms with E-state index in [1.54, 1.807) is 24.4 Å². The van der Waals surface area contributed by atoms with E-state index in [0.717, 1.165) is 11.6 Å². The largest absolute Gasteiger partial charge is 0.525 e. The lowest BCUT2D eigenvalue weighted by molar-refractivity contribution is 0.00578. The topological polar surface area (TPSA) is 40.5 Å². The first-order chi connectivity index (χ1) is 12.6. The van der Waals surface area contributed by atoms with Crippen molar-refractivity contribution in [3.8, 4) is 0 Å². The van der Waals surface area contributed by atoms with Crippen LogP contribution in [0.25, 0.3) is 6.08 Å². The molecule has 0 saturated carbocycles. The minimum Gasteiger partial charge on any atom is -0.398 e. The molecule has 0 amide bonds. The summed E-state index contributed by atoms with van der Waals surface area (Å²) in [6, 6.07) is 9.08. The van der Waals surface area contributed by atoms with Gasteiger partial charge in [-0.15, -0.1) is 0 Å². The highest BCUT2D eigenvalue weighted by atomic mass is 19.1. The summed E-state index contributed by atoms with van der Waals surface area (Å²) in [7, 11) is -1.15. The predicted octanol–water partition coefficient (Wildman–Crippen LogP) is 3.98. The Balaban J connectivity index is 1.84. The Morgan fingerprint density at radius 2 is 1.70 bits per heavy atom. The molecule has 0 unspecified atom stereocenters. The first-order valence-corrected chi connectivity index (χ1v) is 8.76. The quantitative estimate of drug-likeness (QED) is 0.762. The van der Waals surface area contributed by atoms with Crippen LogP contribution < -0.4 is 5.56 Å². The molecule has 3 rings (SSSR count). The molecule has 0 radical (unpaired) electrons. The van der Waals surface area contributed by atoms with E-state index in [1.807, 2.05) is 27.7 Å². The second-order valence-corrected chi connectivity index (χ2v) is 7.64. The lowest BCUT2D eigenvalue weighted by Crippen LogP contribution is -2.41. The summed E-state index contributed by atoms with van der Waals surface area (Å²) >= 11 is 0. The van der Waals surface area contributed by atoms with Crippen LogP contribution in [0.1, 0.15) is 38.8 Å². The molecule has 0 atom stereocenters. The lowest BCUT2D eigenvalue weighted by atomic mass is 9.87. The van der Waals surface area contributed by atoms with Crippen molar-refractivity contribution in [1.29, 1.82) is 0 Å². The highest BCUT2D eigenvalue weighted by molar-refractivity contribution is 6.54. The summed E-state index contributed by atoms with van der Waals surface area (Å²) in [6.45, 7) is 7.59. The highest BCUT2D eigenvalue weighted by Gasteiger charge is 2.53. The van der Waals surface area contributed by atoms with E-state index in [2.05, 4.69) is 0 Å². The summed E-state index contributed by atoms with van der Waals surface area (Å²) in [4.78, 5) is 12.6. The Labute approximate surface area is 157 Å². The van der Waals surface area contributed by atoms with Crippen LogP contribution in [0.4, 0.5) is 8.78 Å². The molecule has 2 aromatic rings. The van der Waals surface area contributed by atoms with Gasteiger partial charge in [0.1, 0.15) is 11.5 Å². The van der Waals surface area contributed by atoms with Crippen molar-refractivity contribution in [2.45, 2.75) is 45.4 Å². The van der Waals surface area contributed by atoms with Crippen molar-refractivity contribution in [3.05, 3.63) is 75.6 Å². The van der Waals surface area contributed by atoms with E-state index in [1.165, 1.54) is 22.8 Å². The molecule has 4 nitrogen and oxygen atoms in total. The Morgan fingerprint density at radius 3 is 2.30 bits per heavy atom. The first-order valence-electron chi connectivity index (χ1n) is 8.76. The van der Waals surface area contributed by atoms with Crippen LogP contribution in [-0.4, -0.2) is 22.9 Å². The number of nitrogens with zero attached hydrogens (tertiary/aromatic N) is 1. The first kappa shape index (κ1) is 19.5. The van der Waals surface area contributed by atoms with Gasteiger partial charge in [-0.05, 0) is 63.6 Å². The van der Waals surface area contributed by atoms with Gasteiger partial charge in [-0.1, -0.05) is 12.1 Å². The van der Waals surface area contributed by atoms with Gasteiger partial charge in [0.05, 0.1) is 17.7 Å². The molecule has 2 heterocycles. The maximum atomic E-state index is 14.7. The molecule has 142 valence electrons. The van der Waals surface area contributed by atoms with Crippen molar-refractivity contribution in [2.75, 3.05) is 0 Å². The number of pyridine rings is 1. The predicted molar refractivity (Wildman–Crippen MR) is 101 cm³/mol. The molecule has 1 aliphatic heterocycles. The minimum absolute atomic E-state index is 0.187. The van der Waals surface area contributed by atoms with E-state index in [0.29, 0.717) is 0 Å². The molecule has 1 fully saturated rings. The number of aromatic nitrogens is 1. The smallest absolute Gasteiger partial charge is 0.398 e. The van der Waals surface area contributed by atoms with E-state index in [9.17, 15) is 13.6 Å². The summed E-state index contributed by atoms with van der Waals surface area (Å²) in [5.74, 6) is -0.340. The number of hydrogen-bond donors (Lipinski definition) is 0. The zero-order valence-corrected chi connectivity index (χ0v) is 15.8. The van der Waals surface area contributed by atoms with Crippen LogP contribution in [0.15, 0.2) is 53.1 Å². The second-order valence-electron chi connectivity index (χ2n) is 7.64. The number of hydrogen-bond acceptors (Lipinski definition) is 3. The molecule has 1 aliphatic rings. The lowest BCUT2D eigenvalue weighted by Gasteiger charge is -2.32. The van der Waals surface area contributed by atoms with E-state index >= 15 is 0 Å². The van der Waals surface area contributed by atoms with Crippen LogP contribution in [0, 0.1) is 5.82 Å². The standard InChI is InChI=1S/C20H22BF2NO3/c1-19(2)20(3,4)27-21(26-19)17(23)12-15-6-5-11-24(18(15)25)13-14-7-9-16(22)10-8-14/h5-12H,13H2,1-4H3. The molecule has 0 spiro atoms. The molecule has 7 heteroatoms. The zero-order chi connectivity index (χ0) is 19.8. The van der Waals surface area contributed by atoms with Crippen molar-refractivity contribution < 1.29 is 18.1 Å². The van der Waals surface area contributed by atoms with Crippen LogP contribution >= 0.6 is 0 Å². The Morgan fingerprint density at radius 1 is 1.11 bits per heavy atom. The van der Waals surface area contributed by atoms with Gasteiger partial charge in [-0.3, -0.25) is 4.79 Å². The Kier molecular flexibility index (Phi) is 5.10. The van der Waals surface area contributed by atoms with Gasteiger partial charge in [-0.25, -0.2) is 8.78 Å². The molecule has 0 bridgehead atoms. The fraction of sp³-hybridized carbons (Fsp3) is 0.350. The maximum absolute atomic E-state index is 14.7. The molecule has 1 saturated heterocycles. The van der Waals surface area contributed by atoms with Gasteiger partial charge in [0.2, 0.25) is 0 Å². The van der Waals surface area contributed by atoms with Gasteiger partial charge >= 0.3 is 7.12 Å². The van der Waals surface area contributed by atoms with Gasteiger partial charge in [-0.2, -0.15) is 0 Å². The molecular weight excluding hydrogens is 351 g/mol. The number of halogens is 2. The number of benzene rings is 1. The fourth-order valence-electron chi connectivity index (χ4n) is 2.75. The monoisotopic (exact) mass is 373 g/mol. The van der Waals surface area contributed by atoms with Crippen molar-refractivity contribution in [2.24, 2.45) is 0 Å². The van der Waals surface area contributed by atoms with E-state index in [4.69, 9.17) is 9.31 Å². The molecule has 27 heavy (non-hydrogen) atoms. The third kappa shape index (κ3) is 4.04. The average molecular weight is 373 g/mol. The SMILES string of the molecule is CC1(C)OB(C(F)=Cc2cccn(Cc3ccc(F)cc3)c2=O)OC1(C)C. The average Bonchev–Trinajstić information content (AvgIpc) is 2.81. The molecule has 0 N–H and O–H groups in total. The highest BCUT2D eigenvalue weighted by Crippen LogP contribution is 2.38. The minimum atomic E-state index is -1.15. The normalized spacial score (nSPS) is 18.7. The summed E-state index contributed by atoms with van der Waals surface area (Å²) in [6.07, 6.45) is 2.75. The van der Waals surface area contributed by atoms with Gasteiger partial charge in [0.25, 0.3) is 5.56 Å². The third-order valence-corrected chi connectivity index (χ3v) is 5.09. The molecule has 1 aromatic heterocycles. The maximum Gasteiger partial charge on any atom is 0.525 e. The third-order valence-electron chi connectivity index (χ3n) is 5.09. The Hall–Kier alpha value is -2.25. The zero-order valence-electron chi connectivity index (χ0n) is 15.8. The van der Waals surface area contributed by atoms with Crippen molar-refractivity contribution in [3.63, 3.8) is 0 Å². The van der Waals surface area contributed by atoms with Crippen LogP contribution in [0.3, 0.4) is 0 Å². The van der Waals surface area contributed by atoms with Crippen LogP contribution in [0.2, 0.25) is 0 Å². The van der Waals surface area contributed by atoms with Crippen LogP contribution in [-0.2, 0) is 15.9 Å². The van der Waals surface area contributed by atoms with Crippen molar-refractivity contribution >= 4 is 13.2 Å². The number of rotatable bonds is 4. The summed E-state index contributed by atoms with van der Waals surface area (Å²) in [5, 5.41) is 0. The van der Waals surface area contributed by atoms with Crippen molar-refractivity contribution in [1.82, 2.24) is 4.57 Å². The van der Waals surface area contributed by atoms with Gasteiger partial charge in [0.15, 0.2) is 0 Å². The van der Waals surface area contributed by atoms with Crippen LogP contribution in [0.5, 0.6) is 0 Å². The van der Waals surface area contributed by atoms with Gasteiger partial charge in [0, 0.05) is 11.8 Å².